The van der Waals surface area contributed by atoms with Crippen LogP contribution in [0.5, 0.6) is 0 Å². The lowest BCUT2D eigenvalue weighted by Crippen LogP contribution is -2.36. The van der Waals surface area contributed by atoms with Gasteiger partial charge in [0.05, 0.1) is 35.5 Å². The largest absolute Gasteiger partial charge is 0.381 e. The van der Waals surface area contributed by atoms with Crippen LogP contribution in [0.3, 0.4) is 0 Å². The number of ether oxygens (including phenoxy) is 1. The number of aromatic nitrogens is 3. The van der Waals surface area contributed by atoms with Crippen molar-refractivity contribution in [2.75, 3.05) is 49.6 Å². The summed E-state index contributed by atoms with van der Waals surface area (Å²) in [5.41, 5.74) is 4.70. The first-order chi connectivity index (χ1) is 16.7. The summed E-state index contributed by atoms with van der Waals surface area (Å²) < 4.78 is 5.48. The minimum atomic E-state index is -0.196. The van der Waals surface area contributed by atoms with Gasteiger partial charge in [0, 0.05) is 35.2 Å². The summed E-state index contributed by atoms with van der Waals surface area (Å²) in [7, 11) is 0. The lowest BCUT2D eigenvalue weighted by atomic mass is 10.0. The normalized spacial score (nSPS) is 17.5. The van der Waals surface area contributed by atoms with Crippen LogP contribution in [0.4, 0.5) is 11.4 Å². The fourth-order valence-corrected chi connectivity index (χ4v) is 5.12. The smallest absolute Gasteiger partial charge is 0.261 e. The highest BCUT2D eigenvalue weighted by molar-refractivity contribution is 6.31. The highest BCUT2D eigenvalue weighted by atomic mass is 35.5. The number of imidazole rings is 1. The zero-order chi connectivity index (χ0) is 23.1. The van der Waals surface area contributed by atoms with Gasteiger partial charge in [0.2, 0.25) is 0 Å². The Kier molecular flexibility index (Phi) is 5.64. The summed E-state index contributed by atoms with van der Waals surface area (Å²) in [6.45, 7) is 5.10. The van der Waals surface area contributed by atoms with Crippen LogP contribution in [0.15, 0.2) is 41.2 Å². The van der Waals surface area contributed by atoms with Crippen molar-refractivity contribution in [1.82, 2.24) is 20.3 Å². The van der Waals surface area contributed by atoms with Gasteiger partial charge in [-0.25, -0.2) is 4.98 Å². The molecular formula is C25H27ClN6O2. The fourth-order valence-electron chi connectivity index (χ4n) is 4.95. The van der Waals surface area contributed by atoms with E-state index in [-0.39, 0.29) is 11.6 Å². The van der Waals surface area contributed by atoms with Gasteiger partial charge in [-0.15, -0.1) is 0 Å². The second-order valence-corrected chi connectivity index (χ2v) is 9.39. The first-order valence-corrected chi connectivity index (χ1v) is 12.2. The molecule has 34 heavy (non-hydrogen) atoms. The first-order valence-electron chi connectivity index (χ1n) is 11.8. The average Bonchev–Trinajstić information content (AvgIpc) is 3.27. The van der Waals surface area contributed by atoms with Crippen LogP contribution in [-0.4, -0.2) is 60.4 Å². The number of pyridine rings is 1. The SMILES string of the molecule is O=c1[nH]c2cc(Cl)ccc2c(NC2CCNCC2)c1-c1nc2ccc(N3CCOCC3)cc2[nH]1. The number of nitrogens with zero attached hydrogens (tertiary/aromatic N) is 2. The molecule has 2 aliphatic rings. The second kappa shape index (κ2) is 8.94. The van der Waals surface area contributed by atoms with Crippen molar-refractivity contribution >= 4 is 44.9 Å². The molecule has 0 aliphatic carbocycles. The lowest BCUT2D eigenvalue weighted by Gasteiger charge is -2.28. The van der Waals surface area contributed by atoms with Gasteiger partial charge >= 0.3 is 0 Å². The third kappa shape index (κ3) is 4.02. The number of anilines is 2. The van der Waals surface area contributed by atoms with Gasteiger partial charge in [-0.3, -0.25) is 4.79 Å². The molecule has 6 rings (SSSR count). The summed E-state index contributed by atoms with van der Waals surface area (Å²) in [4.78, 5) is 26.9. The predicted octanol–water partition coefficient (Wildman–Crippen LogP) is 3.73. The molecule has 0 saturated carbocycles. The van der Waals surface area contributed by atoms with E-state index >= 15 is 0 Å². The van der Waals surface area contributed by atoms with Crippen LogP contribution in [0.1, 0.15) is 12.8 Å². The van der Waals surface area contributed by atoms with E-state index in [2.05, 4.69) is 37.6 Å². The third-order valence-corrected chi connectivity index (χ3v) is 6.98. The number of hydrogen-bond acceptors (Lipinski definition) is 6. The van der Waals surface area contributed by atoms with Crippen molar-refractivity contribution in [3.63, 3.8) is 0 Å². The van der Waals surface area contributed by atoms with Crippen molar-refractivity contribution in [2.45, 2.75) is 18.9 Å². The maximum Gasteiger partial charge on any atom is 0.261 e. The summed E-state index contributed by atoms with van der Waals surface area (Å²) in [6.07, 6.45) is 1.98. The molecule has 9 heteroatoms. The number of piperidine rings is 1. The summed E-state index contributed by atoms with van der Waals surface area (Å²) in [5.74, 6) is 0.559. The van der Waals surface area contributed by atoms with E-state index in [9.17, 15) is 4.79 Å². The maximum absolute atomic E-state index is 13.4. The Morgan fingerprint density at radius 2 is 1.85 bits per heavy atom. The molecule has 4 heterocycles. The number of benzene rings is 2. The molecule has 4 N–H and O–H groups in total. The maximum atomic E-state index is 13.4. The third-order valence-electron chi connectivity index (χ3n) is 6.74. The van der Waals surface area contributed by atoms with Gasteiger partial charge in [-0.1, -0.05) is 11.6 Å². The Morgan fingerprint density at radius 1 is 1.03 bits per heavy atom. The van der Waals surface area contributed by atoms with Crippen LogP contribution < -0.4 is 21.1 Å². The van der Waals surface area contributed by atoms with E-state index in [4.69, 9.17) is 21.3 Å². The van der Waals surface area contributed by atoms with Crippen molar-refractivity contribution in [3.05, 3.63) is 51.8 Å². The van der Waals surface area contributed by atoms with Gasteiger partial charge in [0.1, 0.15) is 11.4 Å². The van der Waals surface area contributed by atoms with E-state index in [0.717, 1.165) is 80.0 Å². The Hall–Kier alpha value is -3.07. The van der Waals surface area contributed by atoms with Gasteiger partial charge in [0.15, 0.2) is 0 Å². The van der Waals surface area contributed by atoms with Gasteiger partial charge < -0.3 is 30.2 Å². The number of nitrogens with one attached hydrogen (secondary N) is 4. The van der Waals surface area contributed by atoms with Gasteiger partial charge in [-0.05, 0) is 62.3 Å². The van der Waals surface area contributed by atoms with Crippen molar-refractivity contribution in [3.8, 4) is 11.4 Å². The predicted molar refractivity (Wildman–Crippen MR) is 137 cm³/mol. The molecule has 0 unspecified atom stereocenters. The Labute approximate surface area is 201 Å². The molecule has 2 aliphatic heterocycles. The minimum Gasteiger partial charge on any atom is -0.381 e. The van der Waals surface area contributed by atoms with E-state index in [0.29, 0.717) is 21.9 Å². The summed E-state index contributed by atoms with van der Waals surface area (Å²) in [6, 6.07) is 12.1. The van der Waals surface area contributed by atoms with Crippen molar-refractivity contribution in [2.24, 2.45) is 0 Å². The number of morpholine rings is 1. The van der Waals surface area contributed by atoms with Crippen LogP contribution >= 0.6 is 11.6 Å². The Morgan fingerprint density at radius 3 is 2.68 bits per heavy atom. The number of fused-ring (bicyclic) bond motifs is 2. The Balaban J connectivity index is 1.47. The number of halogens is 1. The van der Waals surface area contributed by atoms with E-state index < -0.39 is 0 Å². The zero-order valence-corrected chi connectivity index (χ0v) is 19.5. The first kappa shape index (κ1) is 21.5. The van der Waals surface area contributed by atoms with E-state index in [1.165, 1.54) is 0 Å². The topological polar surface area (TPSA) is 98.1 Å². The Bertz CT molecular complexity index is 1400. The highest BCUT2D eigenvalue weighted by Crippen LogP contribution is 2.34. The van der Waals surface area contributed by atoms with Crippen LogP contribution in [0.2, 0.25) is 5.02 Å². The van der Waals surface area contributed by atoms with E-state index in [1.54, 1.807) is 6.07 Å². The monoisotopic (exact) mass is 478 g/mol. The summed E-state index contributed by atoms with van der Waals surface area (Å²) in [5, 5.41) is 8.58. The molecule has 0 amide bonds. The quantitative estimate of drug-likeness (QED) is 0.357. The van der Waals surface area contributed by atoms with Gasteiger partial charge in [-0.2, -0.15) is 0 Å². The van der Waals surface area contributed by atoms with Crippen LogP contribution in [0.25, 0.3) is 33.3 Å². The molecule has 176 valence electrons. The lowest BCUT2D eigenvalue weighted by molar-refractivity contribution is 0.122. The molecule has 0 bridgehead atoms. The molecule has 2 aromatic carbocycles. The molecule has 4 aromatic rings. The molecule has 2 fully saturated rings. The fraction of sp³-hybridized carbons (Fsp3) is 0.360. The molecule has 0 atom stereocenters. The zero-order valence-electron chi connectivity index (χ0n) is 18.8. The molecule has 0 radical (unpaired) electrons. The number of hydrogen-bond donors (Lipinski definition) is 4. The molecule has 0 spiro atoms. The van der Waals surface area contributed by atoms with E-state index in [1.807, 2.05) is 18.2 Å². The van der Waals surface area contributed by atoms with Crippen molar-refractivity contribution < 1.29 is 4.74 Å². The van der Waals surface area contributed by atoms with Gasteiger partial charge in [0.25, 0.3) is 5.56 Å². The van der Waals surface area contributed by atoms with Crippen LogP contribution in [-0.2, 0) is 4.74 Å². The number of rotatable bonds is 4. The number of aromatic amines is 2. The molecule has 8 nitrogen and oxygen atoms in total. The average molecular weight is 479 g/mol. The second-order valence-electron chi connectivity index (χ2n) is 8.95. The molecule has 2 saturated heterocycles. The standard InChI is InChI=1S/C25H27ClN6O2/c26-15-1-3-18-20(13-15)31-25(33)22(23(18)28-16-5-7-27-8-6-16)24-29-19-4-2-17(14-21(19)30-24)32-9-11-34-12-10-32/h1-4,13-14,16,27H,5-12H2,(H,29,30)(H2,28,31,33). The number of H-pyrrole nitrogens is 2. The summed E-state index contributed by atoms with van der Waals surface area (Å²) >= 11 is 6.22. The van der Waals surface area contributed by atoms with Crippen LogP contribution in [0, 0.1) is 0 Å². The minimum absolute atomic E-state index is 0.196. The highest BCUT2D eigenvalue weighted by Gasteiger charge is 2.22. The molecular weight excluding hydrogens is 452 g/mol. The van der Waals surface area contributed by atoms with Crippen molar-refractivity contribution in [1.29, 1.82) is 0 Å². The molecule has 2 aromatic heterocycles.